The molecule has 2 rings (SSSR count). The molecule has 1 aliphatic rings. The van der Waals surface area contributed by atoms with Crippen molar-refractivity contribution in [2.45, 2.75) is 71.3 Å². The Bertz CT molecular complexity index is 495. The van der Waals surface area contributed by atoms with Gasteiger partial charge in [-0.25, -0.2) is 4.98 Å². The number of ether oxygens (including phenoxy) is 1. The van der Waals surface area contributed by atoms with Gasteiger partial charge < -0.3 is 18.6 Å². The lowest BCUT2D eigenvalue weighted by Gasteiger charge is -2.32. The van der Waals surface area contributed by atoms with E-state index in [2.05, 4.69) is 52.3 Å². The van der Waals surface area contributed by atoms with Gasteiger partial charge in [0.15, 0.2) is 0 Å². The second-order valence-corrected chi connectivity index (χ2v) is 13.8. The Morgan fingerprint density at radius 2 is 1.77 bits per heavy atom. The topological polar surface area (TPSA) is 45.5 Å². The zero-order valence-electron chi connectivity index (χ0n) is 15.0. The fourth-order valence-electron chi connectivity index (χ4n) is 2.14. The molecule has 1 aliphatic heterocycles. The zero-order chi connectivity index (χ0) is 16.6. The van der Waals surface area contributed by atoms with Crippen molar-refractivity contribution >= 4 is 20.8 Å². The van der Waals surface area contributed by atoms with E-state index in [0.29, 0.717) is 6.73 Å². The van der Waals surface area contributed by atoms with Gasteiger partial charge in [-0.2, -0.15) is 0 Å². The molecule has 7 heteroatoms. The smallest absolute Gasteiger partial charge is 0.398 e. The van der Waals surface area contributed by atoms with E-state index in [9.17, 15) is 0 Å². The van der Waals surface area contributed by atoms with Crippen molar-refractivity contribution in [1.82, 2.24) is 9.55 Å². The van der Waals surface area contributed by atoms with Crippen molar-refractivity contribution in [2.75, 3.05) is 6.61 Å². The molecule has 1 aromatic heterocycles. The molecule has 0 unspecified atom stereocenters. The highest BCUT2D eigenvalue weighted by atomic mass is 28.3. The molecule has 2 heterocycles. The lowest BCUT2D eigenvalue weighted by molar-refractivity contribution is 0.00578. The number of hydrogen-bond acceptors (Lipinski definition) is 4. The highest BCUT2D eigenvalue weighted by molar-refractivity contribution is 6.76. The van der Waals surface area contributed by atoms with E-state index in [1.807, 2.05) is 4.57 Å². The van der Waals surface area contributed by atoms with Crippen molar-refractivity contribution in [3.05, 3.63) is 12.5 Å². The minimum atomic E-state index is -1.06. The van der Waals surface area contributed by atoms with Gasteiger partial charge in [0.1, 0.15) is 6.73 Å². The highest BCUT2D eigenvalue weighted by Crippen LogP contribution is 2.36. The fraction of sp³-hybridized carbons (Fsp3) is 0.800. The molecular weight excluding hydrogens is 295 g/mol. The predicted molar refractivity (Wildman–Crippen MR) is 92.0 cm³/mol. The Hall–Kier alpha value is -0.628. The Balaban J connectivity index is 1.96. The van der Waals surface area contributed by atoms with Gasteiger partial charge in [-0.05, 0) is 33.7 Å². The van der Waals surface area contributed by atoms with Crippen LogP contribution in [0.1, 0.15) is 27.7 Å². The first kappa shape index (κ1) is 17.7. The standard InChI is InChI=1S/C15H29BN2O3Si/c1-14(2)15(3,4)21-16(20-14)13-10-17-11-18(13)12-19-8-9-22(5,6)7/h10-11H,8-9,12H2,1-7H3. The molecule has 0 N–H and O–H groups in total. The first-order valence-corrected chi connectivity index (χ1v) is 11.7. The van der Waals surface area contributed by atoms with E-state index in [0.717, 1.165) is 18.2 Å². The summed E-state index contributed by atoms with van der Waals surface area (Å²) >= 11 is 0. The van der Waals surface area contributed by atoms with Crippen LogP contribution < -0.4 is 5.59 Å². The second kappa shape index (κ2) is 6.11. The van der Waals surface area contributed by atoms with E-state index < -0.39 is 15.2 Å². The third kappa shape index (κ3) is 4.01. The molecule has 1 saturated heterocycles. The van der Waals surface area contributed by atoms with Crippen LogP contribution >= 0.6 is 0 Å². The highest BCUT2D eigenvalue weighted by Gasteiger charge is 2.52. The zero-order valence-corrected chi connectivity index (χ0v) is 16.0. The monoisotopic (exact) mass is 324 g/mol. The van der Waals surface area contributed by atoms with Gasteiger partial charge in [-0.3, -0.25) is 0 Å². The van der Waals surface area contributed by atoms with E-state index in [1.54, 1.807) is 12.5 Å². The minimum absolute atomic E-state index is 0.342. The van der Waals surface area contributed by atoms with Gasteiger partial charge in [-0.15, -0.1) is 0 Å². The summed E-state index contributed by atoms with van der Waals surface area (Å²) in [7, 11) is -1.45. The largest absolute Gasteiger partial charge is 0.514 e. The number of aromatic nitrogens is 2. The van der Waals surface area contributed by atoms with Gasteiger partial charge in [0.25, 0.3) is 0 Å². The fourth-order valence-corrected chi connectivity index (χ4v) is 2.90. The summed E-state index contributed by atoms with van der Waals surface area (Å²) < 4.78 is 19.9. The van der Waals surface area contributed by atoms with Crippen LogP contribution in [0.5, 0.6) is 0 Å². The van der Waals surface area contributed by atoms with Crippen molar-refractivity contribution in [2.24, 2.45) is 0 Å². The SMILES string of the molecule is CC1(C)OB(c2cncn2COCC[Si](C)(C)C)OC1(C)C. The molecule has 0 bridgehead atoms. The summed E-state index contributed by atoms with van der Waals surface area (Å²) in [6.45, 7) is 16.5. The molecule has 0 spiro atoms. The maximum atomic E-state index is 6.08. The number of rotatable bonds is 6. The molecule has 0 atom stereocenters. The van der Waals surface area contributed by atoms with Gasteiger partial charge in [0.05, 0.1) is 23.1 Å². The van der Waals surface area contributed by atoms with Crippen LogP contribution in [0, 0.1) is 0 Å². The molecule has 0 saturated carbocycles. The van der Waals surface area contributed by atoms with E-state index >= 15 is 0 Å². The Labute approximate surface area is 135 Å². The quantitative estimate of drug-likeness (QED) is 0.596. The van der Waals surface area contributed by atoms with E-state index in [1.165, 1.54) is 0 Å². The number of hydrogen-bond donors (Lipinski definition) is 0. The Kier molecular flexibility index (Phi) is 4.92. The summed E-state index contributed by atoms with van der Waals surface area (Å²) in [5.41, 5.74) is 0.225. The third-order valence-electron chi connectivity index (χ3n) is 4.47. The maximum Gasteiger partial charge on any atom is 0.514 e. The lowest BCUT2D eigenvalue weighted by atomic mass is 9.85. The van der Waals surface area contributed by atoms with Gasteiger partial charge in [0.2, 0.25) is 0 Å². The summed E-state index contributed by atoms with van der Waals surface area (Å²) in [4.78, 5) is 4.22. The summed E-state index contributed by atoms with van der Waals surface area (Å²) in [6.07, 6.45) is 3.57. The molecule has 0 aromatic carbocycles. The molecule has 0 aliphatic carbocycles. The lowest BCUT2D eigenvalue weighted by Crippen LogP contribution is -2.41. The van der Waals surface area contributed by atoms with Gasteiger partial charge >= 0.3 is 7.12 Å². The normalized spacial score (nSPS) is 20.6. The van der Waals surface area contributed by atoms with Crippen LogP contribution in [-0.2, 0) is 20.8 Å². The van der Waals surface area contributed by atoms with Crippen molar-refractivity contribution < 1.29 is 14.0 Å². The Morgan fingerprint density at radius 1 is 1.18 bits per heavy atom. The maximum absolute atomic E-state index is 6.08. The van der Waals surface area contributed by atoms with Gasteiger partial charge in [0, 0.05) is 20.9 Å². The Morgan fingerprint density at radius 3 is 2.32 bits per heavy atom. The molecule has 0 amide bonds. The molecule has 124 valence electrons. The number of imidazole rings is 1. The van der Waals surface area contributed by atoms with Crippen molar-refractivity contribution in [3.63, 3.8) is 0 Å². The van der Waals surface area contributed by atoms with Gasteiger partial charge in [-0.1, -0.05) is 19.6 Å². The average Bonchev–Trinajstić information content (AvgIpc) is 2.87. The summed E-state index contributed by atoms with van der Waals surface area (Å²) in [6, 6.07) is 1.16. The third-order valence-corrected chi connectivity index (χ3v) is 6.17. The van der Waals surface area contributed by atoms with Crippen LogP contribution in [0.25, 0.3) is 0 Å². The predicted octanol–water partition coefficient (Wildman–Crippen LogP) is 2.49. The van der Waals surface area contributed by atoms with Crippen molar-refractivity contribution in [1.29, 1.82) is 0 Å². The molecule has 0 radical (unpaired) electrons. The molecule has 5 nitrogen and oxygen atoms in total. The first-order chi connectivity index (χ1) is 10.0. The molecule has 1 aromatic rings. The van der Waals surface area contributed by atoms with Crippen LogP contribution in [0.4, 0.5) is 0 Å². The number of nitrogens with zero attached hydrogens (tertiary/aromatic N) is 2. The minimum Gasteiger partial charge on any atom is -0.398 e. The first-order valence-electron chi connectivity index (χ1n) is 7.95. The van der Waals surface area contributed by atoms with Crippen LogP contribution in [0.3, 0.4) is 0 Å². The summed E-state index contributed by atoms with van der Waals surface area (Å²) in [5.74, 6) is 0. The van der Waals surface area contributed by atoms with Crippen LogP contribution in [0.2, 0.25) is 25.7 Å². The van der Waals surface area contributed by atoms with Crippen LogP contribution in [-0.4, -0.2) is 42.6 Å². The molecule has 1 fully saturated rings. The van der Waals surface area contributed by atoms with Crippen LogP contribution in [0.15, 0.2) is 12.5 Å². The molecular formula is C15H29BN2O3Si. The average molecular weight is 324 g/mol. The second-order valence-electron chi connectivity index (χ2n) is 8.22. The summed E-state index contributed by atoms with van der Waals surface area (Å²) in [5, 5.41) is 0. The van der Waals surface area contributed by atoms with Crippen molar-refractivity contribution in [3.8, 4) is 0 Å². The van der Waals surface area contributed by atoms with E-state index in [4.69, 9.17) is 14.0 Å². The molecule has 22 heavy (non-hydrogen) atoms. The van der Waals surface area contributed by atoms with E-state index in [-0.39, 0.29) is 11.2 Å².